The third kappa shape index (κ3) is 3.30. The maximum Gasteiger partial charge on any atom is 0.262 e. The Balaban J connectivity index is 1.65. The third-order valence-electron chi connectivity index (χ3n) is 2.82. The summed E-state index contributed by atoms with van der Waals surface area (Å²) in [4.78, 5) is 12.0. The highest BCUT2D eigenvalue weighted by atomic mass is 35.5. The monoisotopic (exact) mass is 353 g/mol. The van der Waals surface area contributed by atoms with Crippen LogP contribution in [0.15, 0.2) is 36.4 Å². The van der Waals surface area contributed by atoms with E-state index >= 15 is 0 Å². The van der Waals surface area contributed by atoms with E-state index in [-0.39, 0.29) is 12.5 Å². The molecule has 2 aromatic carbocycles. The zero-order valence-electron chi connectivity index (χ0n) is 11.0. The zero-order valence-corrected chi connectivity index (χ0v) is 13.4. The fourth-order valence-electron chi connectivity index (χ4n) is 1.81. The lowest BCUT2D eigenvalue weighted by Crippen LogP contribution is -2.20. The van der Waals surface area contributed by atoms with Crippen LogP contribution in [0.3, 0.4) is 0 Å². The number of rotatable bonds is 4. The molecule has 0 radical (unpaired) electrons. The van der Waals surface area contributed by atoms with Crippen molar-refractivity contribution in [3.8, 4) is 5.75 Å². The van der Waals surface area contributed by atoms with Crippen molar-refractivity contribution >= 4 is 57.6 Å². The molecule has 0 bridgehead atoms. The summed E-state index contributed by atoms with van der Waals surface area (Å²) in [5.74, 6) is 0.171. The Hall–Kier alpha value is -1.89. The topological polar surface area (TPSA) is 64.1 Å². The van der Waals surface area contributed by atoms with Gasteiger partial charge in [-0.2, -0.15) is 8.75 Å². The van der Waals surface area contributed by atoms with Gasteiger partial charge in [0.1, 0.15) is 16.8 Å². The average Bonchev–Trinajstić information content (AvgIpc) is 2.98. The van der Waals surface area contributed by atoms with E-state index in [1.165, 1.54) is 0 Å². The molecule has 22 heavy (non-hydrogen) atoms. The number of carbonyl (C=O) groups excluding carboxylic acids is 1. The second-order valence-corrected chi connectivity index (χ2v) is 5.69. The van der Waals surface area contributed by atoms with E-state index in [4.69, 9.17) is 27.9 Å². The first kappa shape index (κ1) is 15.0. The van der Waals surface area contributed by atoms with Crippen LogP contribution in [0, 0.1) is 0 Å². The van der Waals surface area contributed by atoms with E-state index in [0.717, 1.165) is 17.2 Å². The Bertz CT molecular complexity index is 838. The van der Waals surface area contributed by atoms with Gasteiger partial charge in [-0.3, -0.25) is 4.79 Å². The maximum atomic E-state index is 12.0. The van der Waals surface area contributed by atoms with Gasteiger partial charge in [-0.1, -0.05) is 29.3 Å². The molecule has 1 aromatic heterocycles. The second-order valence-electron chi connectivity index (χ2n) is 4.35. The molecule has 0 saturated carbocycles. The SMILES string of the molecule is O=C(COc1ccc(Cl)c(Cl)c1)Nc1cccc2nsnc12. The fraction of sp³-hybridized carbons (Fsp3) is 0.0714. The van der Waals surface area contributed by atoms with E-state index in [1.807, 2.05) is 6.07 Å². The van der Waals surface area contributed by atoms with Crippen LogP contribution in [0.5, 0.6) is 5.75 Å². The molecule has 0 aliphatic carbocycles. The number of hydrogen-bond donors (Lipinski definition) is 1. The average molecular weight is 354 g/mol. The molecular weight excluding hydrogens is 345 g/mol. The smallest absolute Gasteiger partial charge is 0.262 e. The number of amides is 1. The number of carbonyl (C=O) groups is 1. The van der Waals surface area contributed by atoms with Crippen molar-refractivity contribution in [1.29, 1.82) is 0 Å². The van der Waals surface area contributed by atoms with Crippen molar-refractivity contribution in [1.82, 2.24) is 8.75 Å². The lowest BCUT2D eigenvalue weighted by molar-refractivity contribution is -0.118. The van der Waals surface area contributed by atoms with Gasteiger partial charge >= 0.3 is 0 Å². The van der Waals surface area contributed by atoms with Crippen LogP contribution >= 0.6 is 34.9 Å². The number of nitrogens with zero attached hydrogens (tertiary/aromatic N) is 2. The number of anilines is 1. The molecule has 0 aliphatic rings. The summed E-state index contributed by atoms with van der Waals surface area (Å²) in [5.41, 5.74) is 2.01. The number of fused-ring (bicyclic) bond motifs is 1. The summed E-state index contributed by atoms with van der Waals surface area (Å²) in [5, 5.41) is 3.55. The van der Waals surface area contributed by atoms with Gasteiger partial charge in [0, 0.05) is 6.07 Å². The van der Waals surface area contributed by atoms with Crippen molar-refractivity contribution in [3.63, 3.8) is 0 Å². The minimum absolute atomic E-state index is 0.147. The normalized spacial score (nSPS) is 10.6. The number of ether oxygens (including phenoxy) is 1. The van der Waals surface area contributed by atoms with Crippen molar-refractivity contribution in [2.75, 3.05) is 11.9 Å². The van der Waals surface area contributed by atoms with Crippen LogP contribution < -0.4 is 10.1 Å². The van der Waals surface area contributed by atoms with Gasteiger partial charge in [0.2, 0.25) is 0 Å². The first-order chi connectivity index (χ1) is 10.6. The van der Waals surface area contributed by atoms with Gasteiger partial charge < -0.3 is 10.1 Å². The number of halogens is 2. The van der Waals surface area contributed by atoms with E-state index in [2.05, 4.69) is 14.1 Å². The van der Waals surface area contributed by atoms with E-state index < -0.39 is 0 Å². The van der Waals surface area contributed by atoms with Crippen LogP contribution in [0.25, 0.3) is 11.0 Å². The van der Waals surface area contributed by atoms with Crippen molar-refractivity contribution in [3.05, 3.63) is 46.4 Å². The highest BCUT2D eigenvalue weighted by Gasteiger charge is 2.09. The molecule has 0 spiro atoms. The fourth-order valence-corrected chi connectivity index (χ4v) is 2.65. The molecule has 1 heterocycles. The van der Waals surface area contributed by atoms with Gasteiger partial charge in [-0.25, -0.2) is 0 Å². The van der Waals surface area contributed by atoms with Crippen LogP contribution in [-0.2, 0) is 4.79 Å². The van der Waals surface area contributed by atoms with Gasteiger partial charge in [0.15, 0.2) is 6.61 Å². The Labute approximate surface area is 140 Å². The zero-order chi connectivity index (χ0) is 15.5. The summed E-state index contributed by atoms with van der Waals surface area (Å²) in [7, 11) is 0. The molecule has 0 saturated heterocycles. The van der Waals surface area contributed by atoms with E-state index in [1.54, 1.807) is 30.3 Å². The molecule has 8 heteroatoms. The van der Waals surface area contributed by atoms with Crippen molar-refractivity contribution in [2.45, 2.75) is 0 Å². The summed E-state index contributed by atoms with van der Waals surface area (Å²) in [6, 6.07) is 10.2. The molecule has 112 valence electrons. The Morgan fingerprint density at radius 1 is 1.18 bits per heavy atom. The number of aromatic nitrogens is 2. The molecule has 0 fully saturated rings. The molecule has 1 N–H and O–H groups in total. The Morgan fingerprint density at radius 3 is 2.86 bits per heavy atom. The standard InChI is InChI=1S/C14H9Cl2N3O2S/c15-9-5-4-8(6-10(9)16)21-7-13(20)17-11-2-1-3-12-14(11)19-22-18-12/h1-6H,7H2,(H,17,20). The first-order valence-corrected chi connectivity index (χ1v) is 7.71. The van der Waals surface area contributed by atoms with Gasteiger partial charge in [0.25, 0.3) is 5.91 Å². The minimum Gasteiger partial charge on any atom is -0.484 e. The van der Waals surface area contributed by atoms with E-state index in [9.17, 15) is 4.79 Å². The number of nitrogens with one attached hydrogen (secondary N) is 1. The van der Waals surface area contributed by atoms with Crippen LogP contribution in [0.2, 0.25) is 10.0 Å². The molecular formula is C14H9Cl2N3O2S. The van der Waals surface area contributed by atoms with Crippen molar-refractivity contribution < 1.29 is 9.53 Å². The summed E-state index contributed by atoms with van der Waals surface area (Å²) < 4.78 is 13.7. The molecule has 0 atom stereocenters. The molecule has 0 unspecified atom stereocenters. The maximum absolute atomic E-state index is 12.0. The molecule has 1 amide bonds. The highest BCUT2D eigenvalue weighted by molar-refractivity contribution is 7.00. The quantitative estimate of drug-likeness (QED) is 0.769. The van der Waals surface area contributed by atoms with Gasteiger partial charge in [-0.15, -0.1) is 0 Å². The summed E-state index contributed by atoms with van der Waals surface area (Å²) in [6.45, 7) is -0.147. The molecule has 3 rings (SSSR count). The van der Waals surface area contributed by atoms with Gasteiger partial charge in [-0.05, 0) is 24.3 Å². The molecule has 5 nitrogen and oxygen atoms in total. The predicted molar refractivity (Wildman–Crippen MR) is 88.0 cm³/mol. The van der Waals surface area contributed by atoms with Crippen LogP contribution in [0.4, 0.5) is 5.69 Å². The lowest BCUT2D eigenvalue weighted by atomic mass is 10.2. The number of benzene rings is 2. The van der Waals surface area contributed by atoms with E-state index in [0.29, 0.717) is 27.0 Å². The summed E-state index contributed by atoms with van der Waals surface area (Å²) >= 11 is 12.8. The van der Waals surface area contributed by atoms with Gasteiger partial charge in [0.05, 0.1) is 27.5 Å². The Morgan fingerprint density at radius 2 is 2.05 bits per heavy atom. The lowest BCUT2D eigenvalue weighted by Gasteiger charge is -2.08. The van der Waals surface area contributed by atoms with Crippen molar-refractivity contribution in [2.24, 2.45) is 0 Å². The highest BCUT2D eigenvalue weighted by Crippen LogP contribution is 2.26. The largest absolute Gasteiger partial charge is 0.484 e. The summed E-state index contributed by atoms with van der Waals surface area (Å²) in [6.07, 6.45) is 0. The number of hydrogen-bond acceptors (Lipinski definition) is 5. The first-order valence-electron chi connectivity index (χ1n) is 6.22. The van der Waals surface area contributed by atoms with Crippen LogP contribution in [-0.4, -0.2) is 21.3 Å². The van der Waals surface area contributed by atoms with Crippen LogP contribution in [0.1, 0.15) is 0 Å². The molecule has 0 aliphatic heterocycles. The molecule has 3 aromatic rings. The second kappa shape index (κ2) is 6.48. The third-order valence-corrected chi connectivity index (χ3v) is 4.10. The predicted octanol–water partition coefficient (Wildman–Crippen LogP) is 4.02. The Kier molecular flexibility index (Phi) is 4.42. The minimum atomic E-state index is -0.299.